The Morgan fingerprint density at radius 1 is 1.31 bits per heavy atom. The number of thioether (sulfide) groups is 1. The molecule has 82 valence electrons. The van der Waals surface area contributed by atoms with Crippen molar-refractivity contribution < 1.29 is 4.79 Å². The van der Waals surface area contributed by atoms with Crippen molar-refractivity contribution in [2.45, 2.75) is 0 Å². The van der Waals surface area contributed by atoms with E-state index in [9.17, 15) is 4.79 Å². The Morgan fingerprint density at radius 3 is 2.44 bits per heavy atom. The Hall–Kier alpha value is -0.970. The van der Waals surface area contributed by atoms with Gasteiger partial charge in [-0.2, -0.15) is 0 Å². The molecule has 1 aliphatic rings. The maximum absolute atomic E-state index is 11.4. The molecule has 0 atom stereocenters. The number of nitrogens with one attached hydrogen (secondary N) is 2. The number of amides is 1. The lowest BCUT2D eigenvalue weighted by molar-refractivity contribution is -0.115. The first-order chi connectivity index (χ1) is 7.58. The Morgan fingerprint density at radius 2 is 1.94 bits per heavy atom. The average molecular weight is 273 g/mol. The predicted molar refractivity (Wildman–Crippen MR) is 67.9 cm³/mol. The summed E-state index contributed by atoms with van der Waals surface area (Å²) in [4.78, 5) is 11.8. The molecule has 3 nitrogen and oxygen atoms in total. The summed E-state index contributed by atoms with van der Waals surface area (Å²) in [5.41, 5.74) is 0.596. The van der Waals surface area contributed by atoms with Gasteiger partial charge in [-0.05, 0) is 30.0 Å². The van der Waals surface area contributed by atoms with Crippen LogP contribution in [0.5, 0.6) is 0 Å². The lowest BCUT2D eigenvalue weighted by Gasteiger charge is -2.01. The van der Waals surface area contributed by atoms with Crippen LogP contribution in [0.15, 0.2) is 23.1 Å². The van der Waals surface area contributed by atoms with Gasteiger partial charge in [0.25, 0.3) is 5.91 Å². The number of rotatable bonds is 1. The van der Waals surface area contributed by atoms with Crippen molar-refractivity contribution in [1.29, 1.82) is 5.41 Å². The zero-order chi connectivity index (χ0) is 11.7. The molecule has 1 fully saturated rings. The van der Waals surface area contributed by atoms with Crippen molar-refractivity contribution >= 4 is 52.1 Å². The minimum atomic E-state index is -0.300. The van der Waals surface area contributed by atoms with E-state index >= 15 is 0 Å². The summed E-state index contributed by atoms with van der Waals surface area (Å²) in [5.74, 6) is -0.300. The fourth-order valence-electron chi connectivity index (χ4n) is 1.22. The number of halogens is 2. The zero-order valence-corrected chi connectivity index (χ0v) is 10.2. The third-order valence-corrected chi connectivity index (χ3v) is 3.43. The largest absolute Gasteiger partial charge is 0.301 e. The quantitative estimate of drug-likeness (QED) is 0.772. The summed E-state index contributed by atoms with van der Waals surface area (Å²) >= 11 is 13.0. The highest BCUT2D eigenvalue weighted by molar-refractivity contribution is 8.18. The van der Waals surface area contributed by atoms with E-state index in [1.54, 1.807) is 24.3 Å². The third kappa shape index (κ3) is 2.24. The molecule has 1 aromatic rings. The van der Waals surface area contributed by atoms with E-state index in [0.717, 1.165) is 11.8 Å². The van der Waals surface area contributed by atoms with Crippen LogP contribution in [-0.2, 0) is 4.79 Å². The van der Waals surface area contributed by atoms with E-state index in [1.165, 1.54) is 0 Å². The highest BCUT2D eigenvalue weighted by atomic mass is 35.5. The topological polar surface area (TPSA) is 53.0 Å². The Balaban J connectivity index is 2.44. The van der Waals surface area contributed by atoms with Crippen LogP contribution < -0.4 is 5.32 Å². The lowest BCUT2D eigenvalue weighted by atomic mass is 10.2. The molecule has 1 aliphatic heterocycles. The minimum absolute atomic E-state index is 0.111. The number of carbonyl (C=O) groups excluding carboxylic acids is 1. The van der Waals surface area contributed by atoms with E-state index < -0.39 is 0 Å². The van der Waals surface area contributed by atoms with Crippen LogP contribution in [0.2, 0.25) is 10.0 Å². The highest BCUT2D eigenvalue weighted by Gasteiger charge is 2.22. The van der Waals surface area contributed by atoms with Gasteiger partial charge >= 0.3 is 0 Å². The summed E-state index contributed by atoms with van der Waals surface area (Å²) in [6, 6.07) is 5.13. The van der Waals surface area contributed by atoms with Crippen LogP contribution in [0, 0.1) is 5.41 Å². The molecule has 0 aromatic heterocycles. The number of hydrogen-bond acceptors (Lipinski definition) is 3. The molecule has 0 bridgehead atoms. The standard InChI is InChI=1S/C10H6Cl2N2OS/c11-6-2-1-3-7(12)5(6)4-8-9(15)14-10(13)16-8/h1-4H,(H2,13,14,15)/b8-4-. The van der Waals surface area contributed by atoms with Gasteiger partial charge in [0.1, 0.15) is 0 Å². The monoisotopic (exact) mass is 272 g/mol. The fraction of sp³-hybridized carbons (Fsp3) is 0. The van der Waals surface area contributed by atoms with Crippen molar-refractivity contribution in [2.75, 3.05) is 0 Å². The lowest BCUT2D eigenvalue weighted by Crippen LogP contribution is -2.18. The Kier molecular flexibility index (Phi) is 3.23. The Labute approximate surface area is 106 Å². The van der Waals surface area contributed by atoms with Crippen LogP contribution in [-0.4, -0.2) is 11.1 Å². The summed E-state index contributed by atoms with van der Waals surface area (Å²) in [7, 11) is 0. The van der Waals surface area contributed by atoms with Crippen molar-refractivity contribution in [2.24, 2.45) is 0 Å². The van der Waals surface area contributed by atoms with Crippen molar-refractivity contribution in [1.82, 2.24) is 5.32 Å². The molecule has 16 heavy (non-hydrogen) atoms. The maximum Gasteiger partial charge on any atom is 0.264 e. The first-order valence-electron chi connectivity index (χ1n) is 4.31. The second kappa shape index (κ2) is 4.49. The van der Waals surface area contributed by atoms with E-state index in [4.69, 9.17) is 28.6 Å². The van der Waals surface area contributed by atoms with Gasteiger partial charge in [0.15, 0.2) is 5.17 Å². The average Bonchev–Trinajstić information content (AvgIpc) is 2.51. The van der Waals surface area contributed by atoms with Crippen LogP contribution in [0.4, 0.5) is 0 Å². The summed E-state index contributed by atoms with van der Waals surface area (Å²) in [5, 5.41) is 10.8. The molecule has 1 amide bonds. The van der Waals surface area contributed by atoms with E-state index in [-0.39, 0.29) is 11.1 Å². The van der Waals surface area contributed by atoms with Gasteiger partial charge in [0.2, 0.25) is 0 Å². The number of amidine groups is 1. The minimum Gasteiger partial charge on any atom is -0.301 e. The van der Waals surface area contributed by atoms with Crippen molar-refractivity contribution in [3.05, 3.63) is 38.7 Å². The molecular formula is C10H6Cl2N2OS. The van der Waals surface area contributed by atoms with Crippen molar-refractivity contribution in [3.63, 3.8) is 0 Å². The van der Waals surface area contributed by atoms with Crippen LogP contribution in [0.3, 0.4) is 0 Å². The van der Waals surface area contributed by atoms with Gasteiger partial charge in [0, 0.05) is 15.6 Å². The van der Waals surface area contributed by atoms with Crippen LogP contribution in [0.25, 0.3) is 6.08 Å². The normalized spacial score (nSPS) is 18.0. The van der Waals surface area contributed by atoms with Gasteiger partial charge in [-0.1, -0.05) is 29.3 Å². The smallest absolute Gasteiger partial charge is 0.264 e. The first kappa shape index (κ1) is 11.5. The molecule has 1 saturated heterocycles. The summed E-state index contributed by atoms with van der Waals surface area (Å²) in [6.45, 7) is 0. The van der Waals surface area contributed by atoms with Gasteiger partial charge in [-0.15, -0.1) is 0 Å². The molecule has 2 rings (SSSR count). The highest BCUT2D eigenvalue weighted by Crippen LogP contribution is 2.31. The number of benzene rings is 1. The number of carbonyl (C=O) groups is 1. The zero-order valence-electron chi connectivity index (χ0n) is 7.88. The Bertz CT molecular complexity index is 493. The number of hydrogen-bond donors (Lipinski definition) is 2. The van der Waals surface area contributed by atoms with E-state index in [2.05, 4.69) is 5.32 Å². The molecule has 1 heterocycles. The second-order valence-corrected chi connectivity index (χ2v) is 4.90. The predicted octanol–water partition coefficient (Wildman–Crippen LogP) is 3.13. The van der Waals surface area contributed by atoms with Crippen LogP contribution >= 0.6 is 35.0 Å². The second-order valence-electron chi connectivity index (χ2n) is 3.03. The molecule has 0 spiro atoms. The van der Waals surface area contributed by atoms with E-state index in [0.29, 0.717) is 20.5 Å². The molecule has 0 aliphatic carbocycles. The fourth-order valence-corrected chi connectivity index (χ4v) is 2.41. The summed E-state index contributed by atoms with van der Waals surface area (Å²) < 4.78 is 0. The van der Waals surface area contributed by atoms with E-state index in [1.807, 2.05) is 0 Å². The van der Waals surface area contributed by atoms with Gasteiger partial charge in [-0.3, -0.25) is 10.2 Å². The van der Waals surface area contributed by atoms with Gasteiger partial charge in [0.05, 0.1) is 4.91 Å². The molecule has 0 radical (unpaired) electrons. The molecular weight excluding hydrogens is 267 g/mol. The van der Waals surface area contributed by atoms with Gasteiger partial charge < -0.3 is 5.32 Å². The molecule has 1 aromatic carbocycles. The molecule has 0 unspecified atom stereocenters. The SMILES string of the molecule is N=C1NC(=O)/C(=C/c2c(Cl)cccc2Cl)S1. The first-order valence-corrected chi connectivity index (χ1v) is 5.88. The third-order valence-electron chi connectivity index (χ3n) is 1.94. The van der Waals surface area contributed by atoms with Gasteiger partial charge in [-0.25, -0.2) is 0 Å². The molecule has 2 N–H and O–H groups in total. The molecule has 0 saturated carbocycles. The summed E-state index contributed by atoms with van der Waals surface area (Å²) in [6.07, 6.45) is 1.59. The molecule has 6 heteroatoms. The maximum atomic E-state index is 11.4. The van der Waals surface area contributed by atoms with Crippen LogP contribution in [0.1, 0.15) is 5.56 Å². The van der Waals surface area contributed by atoms with Crippen molar-refractivity contribution in [3.8, 4) is 0 Å².